The third kappa shape index (κ3) is 2.66. The van der Waals surface area contributed by atoms with Crippen LogP contribution in [0.2, 0.25) is 0 Å². The molecule has 1 heterocycles. The fourth-order valence-corrected chi connectivity index (χ4v) is 3.53. The maximum absolute atomic E-state index is 13.3. The van der Waals surface area contributed by atoms with Gasteiger partial charge in [-0.1, -0.05) is 91.0 Å². The molecule has 3 aromatic carbocycles. The van der Waals surface area contributed by atoms with E-state index in [4.69, 9.17) is 4.74 Å². The SMILES string of the molecule is COC(=O)C1(c2ccccc2)C(c2ccccc2)=NN=C1c1ccccc1. The van der Waals surface area contributed by atoms with Crippen molar-refractivity contribution in [3.05, 3.63) is 108 Å². The van der Waals surface area contributed by atoms with Gasteiger partial charge in [0.25, 0.3) is 0 Å². The second-order valence-corrected chi connectivity index (χ2v) is 6.24. The third-order valence-electron chi connectivity index (χ3n) is 4.75. The van der Waals surface area contributed by atoms with Gasteiger partial charge >= 0.3 is 5.97 Å². The van der Waals surface area contributed by atoms with Gasteiger partial charge in [0.2, 0.25) is 0 Å². The van der Waals surface area contributed by atoms with Gasteiger partial charge in [-0.05, 0) is 16.7 Å². The molecule has 0 N–H and O–H groups in total. The summed E-state index contributed by atoms with van der Waals surface area (Å²) in [5.74, 6) is -0.406. The normalized spacial score (nSPS) is 15.0. The quantitative estimate of drug-likeness (QED) is 0.665. The molecule has 0 amide bonds. The minimum absolute atomic E-state index is 0.406. The van der Waals surface area contributed by atoms with E-state index in [1.165, 1.54) is 7.11 Å². The zero-order valence-electron chi connectivity index (χ0n) is 14.9. The van der Waals surface area contributed by atoms with Crippen LogP contribution in [0.15, 0.2) is 101 Å². The molecule has 3 aromatic rings. The average Bonchev–Trinajstić information content (AvgIpc) is 3.16. The van der Waals surface area contributed by atoms with Gasteiger partial charge in [-0.3, -0.25) is 4.79 Å². The van der Waals surface area contributed by atoms with E-state index in [0.29, 0.717) is 11.4 Å². The Morgan fingerprint density at radius 2 is 1.11 bits per heavy atom. The van der Waals surface area contributed by atoms with E-state index in [-0.39, 0.29) is 0 Å². The van der Waals surface area contributed by atoms with Crippen molar-refractivity contribution in [3.8, 4) is 0 Å². The predicted molar refractivity (Wildman–Crippen MR) is 106 cm³/mol. The summed E-state index contributed by atoms with van der Waals surface area (Å²) in [6.07, 6.45) is 0. The molecule has 0 saturated carbocycles. The topological polar surface area (TPSA) is 51.0 Å². The first-order valence-corrected chi connectivity index (χ1v) is 8.70. The lowest BCUT2D eigenvalue weighted by molar-refractivity contribution is -0.142. The number of carbonyl (C=O) groups excluding carboxylic acids is 1. The summed E-state index contributed by atoms with van der Waals surface area (Å²) in [6, 6.07) is 28.8. The summed E-state index contributed by atoms with van der Waals surface area (Å²) in [5, 5.41) is 8.93. The van der Waals surface area contributed by atoms with Crippen molar-refractivity contribution in [3.63, 3.8) is 0 Å². The Bertz CT molecular complexity index is 955. The maximum atomic E-state index is 13.3. The molecule has 4 rings (SSSR count). The summed E-state index contributed by atoms with van der Waals surface area (Å²) in [7, 11) is 1.40. The molecular weight excluding hydrogens is 336 g/mol. The first-order chi connectivity index (χ1) is 13.3. The molecule has 1 aliphatic rings. The highest BCUT2D eigenvalue weighted by molar-refractivity contribution is 6.40. The van der Waals surface area contributed by atoms with Crippen LogP contribution in [-0.4, -0.2) is 24.5 Å². The van der Waals surface area contributed by atoms with Gasteiger partial charge in [0, 0.05) is 0 Å². The Labute approximate surface area is 157 Å². The highest BCUT2D eigenvalue weighted by Crippen LogP contribution is 2.38. The molecule has 27 heavy (non-hydrogen) atoms. The second kappa shape index (κ2) is 7.00. The van der Waals surface area contributed by atoms with Crippen molar-refractivity contribution < 1.29 is 9.53 Å². The molecule has 1 aliphatic heterocycles. The number of ether oxygens (including phenoxy) is 1. The van der Waals surface area contributed by atoms with E-state index >= 15 is 0 Å². The molecule has 4 nitrogen and oxygen atoms in total. The highest BCUT2D eigenvalue weighted by Gasteiger charge is 2.54. The van der Waals surface area contributed by atoms with E-state index in [1.54, 1.807) is 0 Å². The Kier molecular flexibility index (Phi) is 4.38. The first-order valence-electron chi connectivity index (χ1n) is 8.70. The molecule has 0 radical (unpaired) electrons. The van der Waals surface area contributed by atoms with E-state index in [9.17, 15) is 4.79 Å². The molecule has 0 aliphatic carbocycles. The van der Waals surface area contributed by atoms with E-state index < -0.39 is 11.4 Å². The monoisotopic (exact) mass is 354 g/mol. The standard InChI is InChI=1S/C23H18N2O2/c1-27-22(26)23(19-15-9-4-10-16-19)20(17-11-5-2-6-12-17)24-25-21(23)18-13-7-3-8-14-18/h2-16H,1H3. The number of hydrogen-bond donors (Lipinski definition) is 0. The van der Waals surface area contributed by atoms with Crippen molar-refractivity contribution >= 4 is 17.4 Å². The first kappa shape index (κ1) is 16.9. The number of benzene rings is 3. The van der Waals surface area contributed by atoms with Gasteiger partial charge in [0.05, 0.1) is 18.5 Å². The maximum Gasteiger partial charge on any atom is 0.328 e. The Morgan fingerprint density at radius 3 is 1.52 bits per heavy atom. The van der Waals surface area contributed by atoms with Gasteiger partial charge in [0.1, 0.15) is 0 Å². The van der Waals surface area contributed by atoms with Crippen LogP contribution in [0.1, 0.15) is 16.7 Å². The van der Waals surface area contributed by atoms with Gasteiger partial charge in [0.15, 0.2) is 5.41 Å². The van der Waals surface area contributed by atoms with Crippen LogP contribution in [0.25, 0.3) is 0 Å². The van der Waals surface area contributed by atoms with Crippen LogP contribution in [0, 0.1) is 0 Å². The number of rotatable bonds is 4. The van der Waals surface area contributed by atoms with Crippen molar-refractivity contribution in [1.29, 1.82) is 0 Å². The van der Waals surface area contributed by atoms with Crippen molar-refractivity contribution in [2.75, 3.05) is 7.11 Å². The molecule has 0 aromatic heterocycles. The molecule has 132 valence electrons. The summed E-state index contributed by atoms with van der Waals surface area (Å²) in [5.41, 5.74) is 2.36. The van der Waals surface area contributed by atoms with Crippen LogP contribution >= 0.6 is 0 Å². The van der Waals surface area contributed by atoms with Crippen molar-refractivity contribution in [2.24, 2.45) is 10.2 Å². The fraction of sp³-hybridized carbons (Fsp3) is 0.0870. The van der Waals surface area contributed by atoms with Crippen molar-refractivity contribution in [2.45, 2.75) is 5.41 Å². The lowest BCUT2D eigenvalue weighted by Gasteiger charge is -2.30. The predicted octanol–water partition coefficient (Wildman–Crippen LogP) is 4.00. The lowest BCUT2D eigenvalue weighted by Crippen LogP contribution is -2.50. The Hall–Kier alpha value is -3.53. The molecule has 0 spiro atoms. The van der Waals surface area contributed by atoms with Gasteiger partial charge in [-0.15, -0.1) is 0 Å². The molecule has 0 atom stereocenters. The molecule has 0 unspecified atom stereocenters. The minimum Gasteiger partial charge on any atom is -0.468 e. The third-order valence-corrected chi connectivity index (χ3v) is 4.75. The summed E-state index contributed by atoms with van der Waals surface area (Å²) in [4.78, 5) is 13.3. The van der Waals surface area contributed by atoms with Gasteiger partial charge in [-0.2, -0.15) is 10.2 Å². The molecule has 0 saturated heterocycles. The fourth-order valence-electron chi connectivity index (χ4n) is 3.53. The largest absolute Gasteiger partial charge is 0.468 e. The number of methoxy groups -OCH3 is 1. The minimum atomic E-state index is -1.22. The lowest BCUT2D eigenvalue weighted by atomic mass is 9.69. The van der Waals surface area contributed by atoms with Gasteiger partial charge in [-0.25, -0.2) is 0 Å². The summed E-state index contributed by atoms with van der Waals surface area (Å²) < 4.78 is 5.29. The average molecular weight is 354 g/mol. The number of carbonyl (C=O) groups is 1. The van der Waals surface area contributed by atoms with Crippen LogP contribution < -0.4 is 0 Å². The van der Waals surface area contributed by atoms with Crippen LogP contribution in [-0.2, 0) is 14.9 Å². The summed E-state index contributed by atoms with van der Waals surface area (Å²) >= 11 is 0. The van der Waals surface area contributed by atoms with Crippen LogP contribution in [0.5, 0.6) is 0 Å². The number of nitrogens with zero attached hydrogens (tertiary/aromatic N) is 2. The van der Waals surface area contributed by atoms with Crippen molar-refractivity contribution in [1.82, 2.24) is 0 Å². The molecular formula is C23H18N2O2. The smallest absolute Gasteiger partial charge is 0.328 e. The zero-order valence-corrected chi connectivity index (χ0v) is 14.9. The highest BCUT2D eigenvalue weighted by atomic mass is 16.5. The van der Waals surface area contributed by atoms with E-state index in [2.05, 4.69) is 10.2 Å². The van der Waals surface area contributed by atoms with E-state index in [0.717, 1.165) is 16.7 Å². The molecule has 4 heteroatoms. The summed E-state index contributed by atoms with van der Waals surface area (Å²) in [6.45, 7) is 0. The molecule has 0 fully saturated rings. The number of esters is 1. The number of hydrogen-bond acceptors (Lipinski definition) is 4. The van der Waals surface area contributed by atoms with Crippen LogP contribution in [0.3, 0.4) is 0 Å². The zero-order chi connectivity index (χ0) is 18.7. The molecule has 0 bridgehead atoms. The Balaban J connectivity index is 2.01. The van der Waals surface area contributed by atoms with E-state index in [1.807, 2.05) is 91.0 Å². The Morgan fingerprint density at radius 1 is 0.704 bits per heavy atom. The van der Waals surface area contributed by atoms with Crippen LogP contribution in [0.4, 0.5) is 0 Å². The second-order valence-electron chi connectivity index (χ2n) is 6.24. The van der Waals surface area contributed by atoms with Gasteiger partial charge < -0.3 is 4.74 Å².